The minimum absolute atomic E-state index is 0.0129. The van der Waals surface area contributed by atoms with E-state index in [-0.39, 0.29) is 65.7 Å². The number of benzene rings is 3. The van der Waals surface area contributed by atoms with Crippen LogP contribution in [0.3, 0.4) is 0 Å². The number of hydrogen-bond acceptors (Lipinski definition) is 11. The van der Waals surface area contributed by atoms with E-state index in [4.69, 9.17) is 28.2 Å². The number of nitro benzene ring substituents is 1. The van der Waals surface area contributed by atoms with Gasteiger partial charge in [-0.1, -0.05) is 51.1 Å². The van der Waals surface area contributed by atoms with Crippen LogP contribution in [0.25, 0.3) is 10.8 Å². The number of esters is 2. The van der Waals surface area contributed by atoms with Gasteiger partial charge in [-0.05, 0) is 29.5 Å². The molecule has 3 aromatic carbocycles. The lowest BCUT2D eigenvalue weighted by Gasteiger charge is -2.47. The number of fused-ring (bicyclic) bond motifs is 2. The standard InChI is InChI=1S/C34H36N4O8.CH4O3S/c1-19(2)29-30-20(3)26(31(36(30)32(29)40)34(42)46-33(41)21-12-14-23(15-13-21)37(43)44)18-45-27-11-7-9-24-22(8-6-10-25(24)27)16-38(4,5)17-28(35)39;1-5(2,3)4/h6-15,19-20,29-30H,16-18H2,1-5H3,(H-,35,39);1H3,(H,2,3,4)/t20-,29+,30+;/m0./s1. The molecule has 1 saturated heterocycles. The largest absolute Gasteiger partial charge is 0.748 e. The number of quaternary nitrogens is 1. The smallest absolute Gasteiger partial charge is 0.363 e. The summed E-state index contributed by atoms with van der Waals surface area (Å²) in [4.78, 5) is 63.1. The van der Waals surface area contributed by atoms with E-state index in [0.29, 0.717) is 28.6 Å². The zero-order valence-electron chi connectivity index (χ0n) is 29.0. The number of rotatable bonds is 11. The normalized spacial score (nSPS) is 18.5. The predicted octanol–water partition coefficient (Wildman–Crippen LogP) is 3.12. The number of carbonyl (C=O) groups is 4. The topological polar surface area (TPSA) is 216 Å². The van der Waals surface area contributed by atoms with Crippen LogP contribution in [0.2, 0.25) is 0 Å². The first-order valence-electron chi connectivity index (χ1n) is 15.9. The van der Waals surface area contributed by atoms with Crippen molar-refractivity contribution in [1.82, 2.24) is 4.90 Å². The minimum atomic E-state index is -3.92. The Hall–Kier alpha value is -5.19. The van der Waals surface area contributed by atoms with Crippen LogP contribution in [0.4, 0.5) is 5.69 Å². The molecule has 2 heterocycles. The van der Waals surface area contributed by atoms with Gasteiger partial charge in [-0.2, -0.15) is 0 Å². The molecule has 0 spiro atoms. The number of nitrogens with zero attached hydrogens (tertiary/aromatic N) is 3. The molecule has 3 aromatic rings. The number of β-lactam (4-membered cyclic amide) rings is 1. The molecular formula is C35H40N4O11S. The molecule has 2 aliphatic heterocycles. The molecule has 1 fully saturated rings. The second-order valence-corrected chi connectivity index (χ2v) is 15.0. The van der Waals surface area contributed by atoms with Crippen molar-refractivity contribution >= 4 is 50.3 Å². The molecule has 272 valence electrons. The molecular weight excluding hydrogens is 684 g/mol. The van der Waals surface area contributed by atoms with E-state index >= 15 is 0 Å². The maximum Gasteiger partial charge on any atom is 0.363 e. The Kier molecular flexibility index (Phi) is 11.3. The monoisotopic (exact) mass is 724 g/mol. The van der Waals surface area contributed by atoms with Crippen molar-refractivity contribution in [1.29, 1.82) is 0 Å². The highest BCUT2D eigenvalue weighted by Gasteiger charge is 2.59. The molecule has 0 unspecified atom stereocenters. The molecule has 0 bridgehead atoms. The zero-order chi connectivity index (χ0) is 38.0. The summed E-state index contributed by atoms with van der Waals surface area (Å²) in [7, 11) is -0.0551. The molecule has 0 saturated carbocycles. The average Bonchev–Trinajstić information content (AvgIpc) is 3.25. The van der Waals surface area contributed by atoms with E-state index < -0.39 is 27.0 Å². The van der Waals surface area contributed by atoms with Crippen LogP contribution in [0.5, 0.6) is 5.75 Å². The quantitative estimate of drug-likeness (QED) is 0.0576. The maximum absolute atomic E-state index is 13.6. The van der Waals surface area contributed by atoms with Crippen molar-refractivity contribution in [3.05, 3.63) is 93.2 Å². The second kappa shape index (κ2) is 15.0. The van der Waals surface area contributed by atoms with E-state index in [1.807, 2.05) is 71.3 Å². The number of non-ortho nitro benzene ring substituents is 1. The highest BCUT2D eigenvalue weighted by Crippen LogP contribution is 2.49. The Morgan fingerprint density at radius 1 is 1.00 bits per heavy atom. The third-order valence-electron chi connectivity index (χ3n) is 8.74. The lowest BCUT2D eigenvalue weighted by atomic mass is 9.74. The molecule has 2 N–H and O–H groups in total. The minimum Gasteiger partial charge on any atom is -0.748 e. The van der Waals surface area contributed by atoms with E-state index in [0.717, 1.165) is 28.5 Å². The van der Waals surface area contributed by atoms with Gasteiger partial charge in [-0.25, -0.2) is 18.0 Å². The first-order valence-corrected chi connectivity index (χ1v) is 17.7. The Labute approximate surface area is 295 Å². The van der Waals surface area contributed by atoms with Crippen molar-refractivity contribution < 1.29 is 51.0 Å². The highest BCUT2D eigenvalue weighted by molar-refractivity contribution is 7.84. The van der Waals surface area contributed by atoms with Gasteiger partial charge in [0.05, 0.1) is 46.7 Å². The van der Waals surface area contributed by atoms with Crippen LogP contribution in [0, 0.1) is 27.9 Å². The summed E-state index contributed by atoms with van der Waals surface area (Å²) < 4.78 is 39.2. The Morgan fingerprint density at radius 3 is 2.16 bits per heavy atom. The van der Waals surface area contributed by atoms with Gasteiger partial charge in [0.1, 0.15) is 24.6 Å². The van der Waals surface area contributed by atoms with Crippen molar-refractivity contribution in [2.45, 2.75) is 33.4 Å². The summed E-state index contributed by atoms with van der Waals surface area (Å²) in [5.41, 5.74) is 6.74. The van der Waals surface area contributed by atoms with Gasteiger partial charge in [-0.15, -0.1) is 0 Å². The number of hydrogen-bond donors (Lipinski definition) is 1. The fourth-order valence-electron chi connectivity index (χ4n) is 6.63. The van der Waals surface area contributed by atoms with Crippen LogP contribution in [0.15, 0.2) is 71.9 Å². The number of carbonyl (C=O) groups excluding carboxylic acids is 4. The average molecular weight is 725 g/mol. The summed E-state index contributed by atoms with van der Waals surface area (Å²) in [6.07, 6.45) is 0.604. The lowest BCUT2D eigenvalue weighted by Crippen LogP contribution is -2.62. The summed E-state index contributed by atoms with van der Waals surface area (Å²) in [5, 5.41) is 12.8. The van der Waals surface area contributed by atoms with Crippen molar-refractivity contribution in [2.75, 3.05) is 33.5 Å². The molecule has 2 amide bonds. The predicted molar refractivity (Wildman–Crippen MR) is 184 cm³/mol. The van der Waals surface area contributed by atoms with Gasteiger partial charge in [0, 0.05) is 40.8 Å². The summed E-state index contributed by atoms with van der Waals surface area (Å²) >= 11 is 0. The molecule has 5 rings (SSSR count). The highest BCUT2D eigenvalue weighted by atomic mass is 32.2. The number of amides is 2. The third-order valence-corrected chi connectivity index (χ3v) is 8.74. The number of primary amides is 1. The first kappa shape index (κ1) is 38.6. The number of likely N-dealkylation sites (N-methyl/N-ethyl adjacent to an activating group) is 1. The molecule has 0 aromatic heterocycles. The van der Waals surface area contributed by atoms with E-state index in [2.05, 4.69) is 0 Å². The van der Waals surface area contributed by atoms with E-state index in [1.165, 1.54) is 17.0 Å². The Morgan fingerprint density at radius 2 is 1.59 bits per heavy atom. The SMILES string of the molecule is CC(C)[C@H]1C(=O)N2C(C(=O)OC(=O)c3ccc([N+](=O)[O-])cc3)=C(COc3cccc4c(C[N+](C)(C)CC(N)=O)cccc34)[C@H](C)[C@H]12.CS(=O)(=O)[O-]. The van der Waals surface area contributed by atoms with Gasteiger partial charge in [0.25, 0.3) is 11.6 Å². The van der Waals surface area contributed by atoms with Gasteiger partial charge in [0.2, 0.25) is 5.91 Å². The Balaban J connectivity index is 0.00000109. The fraction of sp³-hybridized carbons (Fsp3) is 0.371. The van der Waals surface area contributed by atoms with Gasteiger partial charge < -0.3 is 29.1 Å². The Bertz CT molecular complexity index is 2020. The fourth-order valence-corrected chi connectivity index (χ4v) is 6.63. The van der Waals surface area contributed by atoms with Crippen LogP contribution in [0.1, 0.15) is 36.7 Å². The number of nitrogens with two attached hydrogens (primary N) is 1. The van der Waals surface area contributed by atoms with Crippen molar-refractivity contribution in [3.63, 3.8) is 0 Å². The summed E-state index contributed by atoms with van der Waals surface area (Å²) in [6.45, 7) is 6.53. The molecule has 2 aliphatic rings. The van der Waals surface area contributed by atoms with Crippen LogP contribution >= 0.6 is 0 Å². The molecule has 0 aliphatic carbocycles. The van der Waals surface area contributed by atoms with Crippen LogP contribution < -0.4 is 10.5 Å². The van der Waals surface area contributed by atoms with Gasteiger partial charge in [0.15, 0.2) is 6.54 Å². The summed E-state index contributed by atoms with van der Waals surface area (Å²) in [5.74, 6) is -2.54. The molecule has 15 nitrogen and oxygen atoms in total. The zero-order valence-corrected chi connectivity index (χ0v) is 29.8. The van der Waals surface area contributed by atoms with E-state index in [1.54, 1.807) is 0 Å². The first-order chi connectivity index (χ1) is 23.7. The van der Waals surface area contributed by atoms with Crippen molar-refractivity contribution in [3.8, 4) is 5.75 Å². The van der Waals surface area contributed by atoms with Crippen LogP contribution in [-0.4, -0.2) is 90.6 Å². The number of ether oxygens (including phenoxy) is 2. The molecule has 51 heavy (non-hydrogen) atoms. The van der Waals surface area contributed by atoms with Crippen LogP contribution in [-0.2, 0) is 35.8 Å². The maximum atomic E-state index is 13.6. The molecule has 0 radical (unpaired) electrons. The van der Waals surface area contributed by atoms with Gasteiger partial charge >= 0.3 is 11.9 Å². The summed E-state index contributed by atoms with van der Waals surface area (Å²) in [6, 6.07) is 15.9. The lowest BCUT2D eigenvalue weighted by molar-refractivity contribution is -0.895. The number of nitro groups is 1. The van der Waals surface area contributed by atoms with Crippen molar-refractivity contribution in [2.24, 2.45) is 23.5 Å². The molecule has 3 atom stereocenters. The third kappa shape index (κ3) is 8.95. The van der Waals surface area contributed by atoms with Gasteiger partial charge in [-0.3, -0.25) is 19.7 Å². The second-order valence-electron chi connectivity index (χ2n) is 13.6. The van der Waals surface area contributed by atoms with E-state index in [9.17, 15) is 29.3 Å². The molecule has 16 heteroatoms.